The molecule has 18 heavy (non-hydrogen) atoms. The number of methoxy groups -OCH3 is 1. The molecule has 0 fully saturated rings. The van der Waals surface area contributed by atoms with E-state index in [1.165, 1.54) is 15.3 Å². The van der Waals surface area contributed by atoms with Crippen LogP contribution in [0.25, 0.3) is 10.4 Å². The third-order valence-electron chi connectivity index (χ3n) is 2.70. The van der Waals surface area contributed by atoms with Crippen LogP contribution in [0, 0.1) is 5.92 Å². The number of ether oxygens (including phenoxy) is 1. The van der Waals surface area contributed by atoms with Gasteiger partial charge in [0, 0.05) is 42.1 Å². The Hall–Kier alpha value is -0.680. The van der Waals surface area contributed by atoms with Crippen LogP contribution in [0.15, 0.2) is 29.0 Å². The Morgan fingerprint density at radius 3 is 3.00 bits per heavy atom. The first-order valence-electron chi connectivity index (χ1n) is 6.10. The molecule has 0 aromatic carbocycles. The number of hydrogen-bond acceptors (Lipinski definition) is 4. The van der Waals surface area contributed by atoms with Crippen molar-refractivity contribution in [3.05, 3.63) is 33.8 Å². The first-order chi connectivity index (χ1) is 8.79. The summed E-state index contributed by atoms with van der Waals surface area (Å²) in [6.45, 7) is 4.96. The molecular weight excluding hydrogens is 262 g/mol. The summed E-state index contributed by atoms with van der Waals surface area (Å²) < 4.78 is 5.12. The van der Waals surface area contributed by atoms with Crippen LogP contribution in [0.2, 0.25) is 0 Å². The van der Waals surface area contributed by atoms with E-state index < -0.39 is 0 Å². The lowest BCUT2D eigenvalue weighted by atomic mass is 10.2. The van der Waals surface area contributed by atoms with Crippen LogP contribution in [-0.2, 0) is 11.3 Å². The van der Waals surface area contributed by atoms with Crippen LogP contribution in [0.3, 0.4) is 0 Å². The minimum atomic E-state index is 0.562. The van der Waals surface area contributed by atoms with Crippen molar-refractivity contribution in [2.45, 2.75) is 13.5 Å². The van der Waals surface area contributed by atoms with E-state index in [4.69, 9.17) is 4.74 Å². The summed E-state index contributed by atoms with van der Waals surface area (Å²) in [4.78, 5) is 2.74. The van der Waals surface area contributed by atoms with E-state index in [9.17, 15) is 0 Å². The summed E-state index contributed by atoms with van der Waals surface area (Å²) in [5, 5.41) is 7.84. The lowest BCUT2D eigenvalue weighted by Gasteiger charge is -2.10. The Morgan fingerprint density at radius 1 is 1.39 bits per heavy atom. The predicted octanol–water partition coefficient (Wildman–Crippen LogP) is 3.85. The highest BCUT2D eigenvalue weighted by atomic mass is 32.1. The quantitative estimate of drug-likeness (QED) is 0.832. The van der Waals surface area contributed by atoms with Gasteiger partial charge < -0.3 is 10.1 Å². The van der Waals surface area contributed by atoms with E-state index in [-0.39, 0.29) is 0 Å². The molecule has 1 atom stereocenters. The molecule has 0 saturated carbocycles. The van der Waals surface area contributed by atoms with Crippen LogP contribution in [0.5, 0.6) is 0 Å². The van der Waals surface area contributed by atoms with Crippen molar-refractivity contribution >= 4 is 22.7 Å². The summed E-state index contributed by atoms with van der Waals surface area (Å²) in [5.41, 5.74) is 1.34. The molecule has 2 nitrogen and oxygen atoms in total. The van der Waals surface area contributed by atoms with Gasteiger partial charge in [-0.25, -0.2) is 0 Å². The molecule has 2 rings (SSSR count). The van der Waals surface area contributed by atoms with Crippen LogP contribution in [0.1, 0.15) is 11.8 Å². The largest absolute Gasteiger partial charge is 0.384 e. The van der Waals surface area contributed by atoms with Gasteiger partial charge in [-0.15, -0.1) is 22.7 Å². The summed E-state index contributed by atoms with van der Waals surface area (Å²) in [6, 6.07) is 6.55. The number of hydrogen-bond donors (Lipinski definition) is 1. The highest BCUT2D eigenvalue weighted by molar-refractivity contribution is 7.14. The average molecular weight is 281 g/mol. The maximum absolute atomic E-state index is 5.12. The number of nitrogens with one attached hydrogen (secondary N) is 1. The van der Waals surface area contributed by atoms with Crippen LogP contribution < -0.4 is 5.32 Å². The summed E-state index contributed by atoms with van der Waals surface area (Å²) >= 11 is 3.62. The molecule has 1 unspecified atom stereocenters. The molecule has 0 radical (unpaired) electrons. The van der Waals surface area contributed by atoms with Crippen molar-refractivity contribution in [3.63, 3.8) is 0 Å². The van der Waals surface area contributed by atoms with Crippen molar-refractivity contribution in [2.24, 2.45) is 5.92 Å². The summed E-state index contributed by atoms with van der Waals surface area (Å²) in [7, 11) is 1.75. The lowest BCUT2D eigenvalue weighted by Crippen LogP contribution is -2.22. The van der Waals surface area contributed by atoms with E-state index in [1.807, 2.05) is 11.3 Å². The van der Waals surface area contributed by atoms with Gasteiger partial charge in [0.25, 0.3) is 0 Å². The van der Waals surface area contributed by atoms with Crippen molar-refractivity contribution in [1.82, 2.24) is 5.32 Å². The second kappa shape index (κ2) is 7.04. The van der Waals surface area contributed by atoms with Gasteiger partial charge in [-0.1, -0.05) is 13.0 Å². The maximum Gasteiger partial charge on any atom is 0.0499 e. The minimum absolute atomic E-state index is 0.562. The molecule has 4 heteroatoms. The maximum atomic E-state index is 5.12. The van der Waals surface area contributed by atoms with E-state index >= 15 is 0 Å². The van der Waals surface area contributed by atoms with Crippen molar-refractivity contribution in [1.29, 1.82) is 0 Å². The first-order valence-corrected chi connectivity index (χ1v) is 7.86. The Kier molecular flexibility index (Phi) is 5.38. The van der Waals surface area contributed by atoms with Crippen LogP contribution in [0.4, 0.5) is 0 Å². The zero-order valence-electron chi connectivity index (χ0n) is 10.8. The second-order valence-corrected chi connectivity index (χ2v) is 6.41. The van der Waals surface area contributed by atoms with Gasteiger partial charge in [-0.3, -0.25) is 0 Å². The zero-order valence-corrected chi connectivity index (χ0v) is 12.4. The first kappa shape index (κ1) is 13.7. The van der Waals surface area contributed by atoms with E-state index in [0.717, 1.165) is 19.7 Å². The molecule has 0 aliphatic rings. The number of rotatable bonds is 7. The minimum Gasteiger partial charge on any atom is -0.384 e. The Morgan fingerprint density at radius 2 is 2.28 bits per heavy atom. The standard InChI is InChI=1S/C14H19NOS2/c1-11(9-16-2)7-15-8-13-6-12(10-18-13)14-4-3-5-17-14/h3-6,10-11,15H,7-9H2,1-2H3. The van der Waals surface area contributed by atoms with Gasteiger partial charge >= 0.3 is 0 Å². The van der Waals surface area contributed by atoms with Crippen molar-refractivity contribution in [2.75, 3.05) is 20.3 Å². The summed E-state index contributed by atoms with van der Waals surface area (Å²) in [6.07, 6.45) is 0. The highest BCUT2D eigenvalue weighted by Crippen LogP contribution is 2.29. The smallest absolute Gasteiger partial charge is 0.0499 e. The van der Waals surface area contributed by atoms with Gasteiger partial charge in [0.15, 0.2) is 0 Å². The monoisotopic (exact) mass is 281 g/mol. The molecule has 0 aliphatic heterocycles. The Balaban J connectivity index is 1.81. The second-order valence-electron chi connectivity index (χ2n) is 4.47. The molecule has 1 N–H and O–H groups in total. The molecule has 2 aromatic rings. The third kappa shape index (κ3) is 3.92. The fourth-order valence-corrected chi connectivity index (χ4v) is 3.47. The molecule has 2 aromatic heterocycles. The predicted molar refractivity (Wildman–Crippen MR) is 80.4 cm³/mol. The molecule has 0 bridgehead atoms. The van der Waals surface area contributed by atoms with Gasteiger partial charge in [-0.2, -0.15) is 0 Å². The van der Waals surface area contributed by atoms with Crippen LogP contribution in [-0.4, -0.2) is 20.3 Å². The fourth-order valence-electron chi connectivity index (χ4n) is 1.83. The number of thiophene rings is 2. The van der Waals surface area contributed by atoms with Gasteiger partial charge in [0.1, 0.15) is 0 Å². The molecule has 2 heterocycles. The Labute approximate surface area is 117 Å². The van der Waals surface area contributed by atoms with E-state index in [2.05, 4.69) is 41.2 Å². The molecule has 0 spiro atoms. The molecule has 0 saturated heterocycles. The molecule has 98 valence electrons. The van der Waals surface area contributed by atoms with E-state index in [1.54, 1.807) is 18.4 Å². The topological polar surface area (TPSA) is 21.3 Å². The van der Waals surface area contributed by atoms with Crippen LogP contribution >= 0.6 is 22.7 Å². The van der Waals surface area contributed by atoms with Gasteiger partial charge in [0.2, 0.25) is 0 Å². The van der Waals surface area contributed by atoms with Crippen molar-refractivity contribution in [3.8, 4) is 10.4 Å². The molecule has 0 amide bonds. The van der Waals surface area contributed by atoms with Crippen molar-refractivity contribution < 1.29 is 4.74 Å². The molecular formula is C14H19NOS2. The van der Waals surface area contributed by atoms with E-state index in [0.29, 0.717) is 5.92 Å². The van der Waals surface area contributed by atoms with Gasteiger partial charge in [-0.05, 0) is 28.8 Å². The Bertz CT molecular complexity index is 450. The third-order valence-corrected chi connectivity index (χ3v) is 4.56. The zero-order chi connectivity index (χ0) is 12.8. The average Bonchev–Trinajstić information content (AvgIpc) is 2.99. The molecule has 0 aliphatic carbocycles. The van der Waals surface area contributed by atoms with Gasteiger partial charge in [0.05, 0.1) is 0 Å². The normalized spacial score (nSPS) is 12.8. The SMILES string of the molecule is COCC(C)CNCc1cc(-c2cccs2)cs1. The lowest BCUT2D eigenvalue weighted by molar-refractivity contribution is 0.158. The highest BCUT2D eigenvalue weighted by Gasteiger charge is 2.04. The fraction of sp³-hybridized carbons (Fsp3) is 0.429. The summed E-state index contributed by atoms with van der Waals surface area (Å²) in [5.74, 6) is 0.562.